The fourth-order valence-corrected chi connectivity index (χ4v) is 4.74. The second-order valence-electron chi connectivity index (χ2n) is 6.60. The van der Waals surface area contributed by atoms with Crippen LogP contribution in [0.4, 0.5) is 0 Å². The lowest BCUT2D eigenvalue weighted by molar-refractivity contribution is 0.0766. The molecule has 1 aliphatic rings. The summed E-state index contributed by atoms with van der Waals surface area (Å²) in [5.41, 5.74) is 4.16. The molecule has 1 aliphatic heterocycles. The normalized spacial score (nSPS) is 17.5. The highest BCUT2D eigenvalue weighted by atomic mass is 32.2. The van der Waals surface area contributed by atoms with Crippen molar-refractivity contribution in [1.82, 2.24) is 25.1 Å². The van der Waals surface area contributed by atoms with Gasteiger partial charge in [0.25, 0.3) is 5.91 Å². The molecule has 2 aromatic carbocycles. The first kappa shape index (κ1) is 17.7. The average molecular weight is 379 g/mol. The first-order chi connectivity index (χ1) is 13.2. The van der Waals surface area contributed by atoms with E-state index in [1.165, 1.54) is 17.5 Å². The highest BCUT2D eigenvalue weighted by Gasteiger charge is 2.23. The molecule has 0 aliphatic carbocycles. The van der Waals surface area contributed by atoms with Gasteiger partial charge in [-0.2, -0.15) is 11.8 Å². The molecule has 3 aromatic rings. The number of amides is 1. The van der Waals surface area contributed by atoms with Gasteiger partial charge in [-0.1, -0.05) is 30.3 Å². The smallest absolute Gasteiger partial charge is 0.253 e. The van der Waals surface area contributed by atoms with Crippen LogP contribution in [0.15, 0.2) is 54.9 Å². The van der Waals surface area contributed by atoms with E-state index in [0.717, 1.165) is 31.0 Å². The molecule has 138 valence electrons. The standard InChI is InChI=1S/C20H21N5OS/c1-15-5-2-3-8-18(15)19-9-10-24(11-12-27-19)20(26)16-6-4-7-17(13-16)25-14-21-22-23-25/h2-8,13-14,19H,9-12H2,1H3. The van der Waals surface area contributed by atoms with E-state index in [9.17, 15) is 4.79 Å². The summed E-state index contributed by atoms with van der Waals surface area (Å²) < 4.78 is 1.56. The quantitative estimate of drug-likeness (QED) is 0.699. The minimum Gasteiger partial charge on any atom is -0.338 e. The van der Waals surface area contributed by atoms with Crippen molar-refractivity contribution in [3.63, 3.8) is 0 Å². The van der Waals surface area contributed by atoms with E-state index in [1.807, 2.05) is 40.9 Å². The van der Waals surface area contributed by atoms with Gasteiger partial charge in [0.2, 0.25) is 0 Å². The number of hydrogen-bond acceptors (Lipinski definition) is 5. The van der Waals surface area contributed by atoms with Crippen molar-refractivity contribution in [3.05, 3.63) is 71.5 Å². The molecule has 0 saturated carbocycles. The molecule has 0 N–H and O–H groups in total. The minimum atomic E-state index is 0.0657. The third-order valence-corrected chi connectivity index (χ3v) is 6.18. The number of rotatable bonds is 3. The van der Waals surface area contributed by atoms with Crippen LogP contribution in [0.2, 0.25) is 0 Å². The Morgan fingerprint density at radius 2 is 2.04 bits per heavy atom. The number of tetrazole rings is 1. The number of aromatic nitrogens is 4. The summed E-state index contributed by atoms with van der Waals surface area (Å²) in [6.45, 7) is 3.69. The van der Waals surface area contributed by atoms with Crippen LogP contribution in [-0.2, 0) is 0 Å². The van der Waals surface area contributed by atoms with Crippen LogP contribution in [0.5, 0.6) is 0 Å². The second kappa shape index (κ2) is 7.92. The Labute approximate surface area is 162 Å². The van der Waals surface area contributed by atoms with Crippen LogP contribution >= 0.6 is 11.8 Å². The van der Waals surface area contributed by atoms with Gasteiger partial charge in [-0.15, -0.1) is 5.10 Å². The monoisotopic (exact) mass is 379 g/mol. The van der Waals surface area contributed by atoms with E-state index in [2.05, 4.69) is 46.7 Å². The Hall–Kier alpha value is -2.67. The molecular formula is C20H21N5OS. The molecule has 1 fully saturated rings. The average Bonchev–Trinajstić information content (AvgIpc) is 3.13. The molecule has 4 rings (SSSR count). The molecule has 0 spiro atoms. The van der Waals surface area contributed by atoms with Crippen LogP contribution in [-0.4, -0.2) is 49.9 Å². The molecule has 1 aromatic heterocycles. The van der Waals surface area contributed by atoms with E-state index in [1.54, 1.807) is 4.68 Å². The maximum atomic E-state index is 13.0. The van der Waals surface area contributed by atoms with Crippen molar-refractivity contribution in [2.75, 3.05) is 18.8 Å². The van der Waals surface area contributed by atoms with E-state index >= 15 is 0 Å². The van der Waals surface area contributed by atoms with Crippen LogP contribution in [0.25, 0.3) is 5.69 Å². The lowest BCUT2D eigenvalue weighted by Crippen LogP contribution is -2.33. The van der Waals surface area contributed by atoms with Gasteiger partial charge in [0, 0.05) is 29.7 Å². The van der Waals surface area contributed by atoms with E-state index in [0.29, 0.717) is 10.8 Å². The molecule has 6 nitrogen and oxygen atoms in total. The molecule has 1 saturated heterocycles. The number of carbonyl (C=O) groups is 1. The zero-order chi connectivity index (χ0) is 18.6. The summed E-state index contributed by atoms with van der Waals surface area (Å²) in [7, 11) is 0. The van der Waals surface area contributed by atoms with Crippen molar-refractivity contribution in [3.8, 4) is 5.69 Å². The summed E-state index contributed by atoms with van der Waals surface area (Å²) in [4.78, 5) is 15.0. The van der Waals surface area contributed by atoms with E-state index < -0.39 is 0 Å². The molecule has 1 unspecified atom stereocenters. The van der Waals surface area contributed by atoms with Crippen LogP contribution in [0.3, 0.4) is 0 Å². The zero-order valence-corrected chi connectivity index (χ0v) is 16.0. The van der Waals surface area contributed by atoms with Crippen molar-refractivity contribution >= 4 is 17.7 Å². The van der Waals surface area contributed by atoms with Gasteiger partial charge in [-0.05, 0) is 53.1 Å². The summed E-state index contributed by atoms with van der Waals surface area (Å²) in [6, 6.07) is 16.0. The summed E-state index contributed by atoms with van der Waals surface area (Å²) >= 11 is 1.94. The summed E-state index contributed by atoms with van der Waals surface area (Å²) in [5.74, 6) is 1.01. The van der Waals surface area contributed by atoms with Crippen molar-refractivity contribution in [2.45, 2.75) is 18.6 Å². The number of thioether (sulfide) groups is 1. The number of hydrogen-bond donors (Lipinski definition) is 0. The summed E-state index contributed by atoms with van der Waals surface area (Å²) in [5, 5.41) is 11.6. The predicted molar refractivity (Wildman–Crippen MR) is 106 cm³/mol. The molecule has 2 heterocycles. The van der Waals surface area contributed by atoms with Gasteiger partial charge >= 0.3 is 0 Å². The highest BCUT2D eigenvalue weighted by molar-refractivity contribution is 7.99. The summed E-state index contributed by atoms with van der Waals surface area (Å²) in [6.07, 6.45) is 2.49. The fourth-order valence-electron chi connectivity index (χ4n) is 3.41. The Balaban J connectivity index is 1.49. The lowest BCUT2D eigenvalue weighted by Gasteiger charge is -2.21. The van der Waals surface area contributed by atoms with Crippen molar-refractivity contribution < 1.29 is 4.79 Å². The first-order valence-corrected chi connectivity index (χ1v) is 10.1. The van der Waals surface area contributed by atoms with Gasteiger partial charge in [-0.3, -0.25) is 4.79 Å². The Bertz CT molecular complexity index is 928. The maximum absolute atomic E-state index is 13.0. The zero-order valence-electron chi connectivity index (χ0n) is 15.2. The van der Waals surface area contributed by atoms with Crippen LogP contribution in [0, 0.1) is 6.92 Å². The topological polar surface area (TPSA) is 63.9 Å². The molecule has 27 heavy (non-hydrogen) atoms. The van der Waals surface area contributed by atoms with Crippen molar-refractivity contribution in [2.24, 2.45) is 0 Å². The molecule has 1 atom stereocenters. The second-order valence-corrected chi connectivity index (χ2v) is 7.91. The van der Waals surface area contributed by atoms with E-state index in [4.69, 9.17) is 0 Å². The Morgan fingerprint density at radius 1 is 1.15 bits per heavy atom. The number of benzene rings is 2. The molecule has 1 amide bonds. The van der Waals surface area contributed by atoms with Crippen LogP contribution < -0.4 is 0 Å². The van der Waals surface area contributed by atoms with Crippen LogP contribution in [0.1, 0.15) is 33.2 Å². The number of carbonyl (C=O) groups excluding carboxylic acids is 1. The molecular weight excluding hydrogens is 358 g/mol. The van der Waals surface area contributed by atoms with Gasteiger partial charge in [-0.25, -0.2) is 4.68 Å². The minimum absolute atomic E-state index is 0.0657. The fraction of sp³-hybridized carbons (Fsp3) is 0.300. The lowest BCUT2D eigenvalue weighted by atomic mass is 10.0. The highest BCUT2D eigenvalue weighted by Crippen LogP contribution is 2.36. The number of aryl methyl sites for hydroxylation is 1. The van der Waals surface area contributed by atoms with Gasteiger partial charge in [0.05, 0.1) is 5.69 Å². The molecule has 0 bridgehead atoms. The van der Waals surface area contributed by atoms with Gasteiger partial charge in [0.1, 0.15) is 6.33 Å². The predicted octanol–water partition coefficient (Wildman–Crippen LogP) is 3.29. The third-order valence-electron chi connectivity index (χ3n) is 4.87. The Morgan fingerprint density at radius 3 is 2.85 bits per heavy atom. The third kappa shape index (κ3) is 3.88. The van der Waals surface area contributed by atoms with Gasteiger partial charge in [0.15, 0.2) is 0 Å². The first-order valence-electron chi connectivity index (χ1n) is 9.02. The number of nitrogens with zero attached hydrogens (tertiary/aromatic N) is 5. The SMILES string of the molecule is Cc1ccccc1C1CCN(C(=O)c2cccc(-n3cnnn3)c2)CCS1. The van der Waals surface area contributed by atoms with Gasteiger partial charge < -0.3 is 4.90 Å². The Kier molecular flexibility index (Phi) is 5.20. The molecule has 0 radical (unpaired) electrons. The van der Waals surface area contributed by atoms with Crippen molar-refractivity contribution in [1.29, 1.82) is 0 Å². The maximum Gasteiger partial charge on any atom is 0.253 e. The largest absolute Gasteiger partial charge is 0.338 e. The van der Waals surface area contributed by atoms with E-state index in [-0.39, 0.29) is 5.91 Å². The molecule has 7 heteroatoms.